The van der Waals surface area contributed by atoms with Crippen molar-refractivity contribution in [2.45, 2.75) is 18.8 Å². The Balaban J connectivity index is 2.03. The molecule has 2 heteroatoms. The number of fused-ring (bicyclic) bond motifs is 4. The van der Waals surface area contributed by atoms with Gasteiger partial charge in [0.05, 0.1) is 6.61 Å². The van der Waals surface area contributed by atoms with Crippen LogP contribution in [0.1, 0.15) is 28.3 Å². The van der Waals surface area contributed by atoms with Gasteiger partial charge in [0.25, 0.3) is 0 Å². The van der Waals surface area contributed by atoms with E-state index >= 15 is 0 Å². The lowest BCUT2D eigenvalue weighted by Crippen LogP contribution is -2.10. The predicted molar refractivity (Wildman–Crippen MR) is 90.5 cm³/mol. The quantitative estimate of drug-likeness (QED) is 0.694. The highest BCUT2D eigenvalue weighted by Crippen LogP contribution is 2.39. The van der Waals surface area contributed by atoms with Crippen molar-refractivity contribution in [3.63, 3.8) is 0 Å². The van der Waals surface area contributed by atoms with Crippen LogP contribution in [0.2, 0.25) is 0 Å². The summed E-state index contributed by atoms with van der Waals surface area (Å²) in [6.45, 7) is 0.734. The lowest BCUT2D eigenvalue weighted by atomic mass is 9.89. The Kier molecular flexibility index (Phi) is 3.27. The predicted octanol–water partition coefficient (Wildman–Crippen LogP) is 4.06. The molecule has 0 spiro atoms. The van der Waals surface area contributed by atoms with E-state index in [-0.39, 0.29) is 0 Å². The molecule has 0 fully saturated rings. The summed E-state index contributed by atoms with van der Waals surface area (Å²) in [7, 11) is 4.00. The van der Waals surface area contributed by atoms with Gasteiger partial charge in [-0.15, -0.1) is 0 Å². The lowest BCUT2D eigenvalue weighted by Gasteiger charge is -2.18. The monoisotopic (exact) mass is 291 g/mol. The summed E-state index contributed by atoms with van der Waals surface area (Å²) in [6, 6.07) is 17.6. The molecule has 0 saturated carbocycles. The first-order valence-corrected chi connectivity index (χ1v) is 7.94. The van der Waals surface area contributed by atoms with Crippen LogP contribution in [0, 0.1) is 0 Å². The van der Waals surface area contributed by atoms with Gasteiger partial charge in [0, 0.05) is 36.7 Å². The van der Waals surface area contributed by atoms with Crippen molar-refractivity contribution in [1.82, 2.24) is 4.57 Å². The van der Waals surface area contributed by atoms with Crippen molar-refractivity contribution in [2.75, 3.05) is 13.7 Å². The Morgan fingerprint density at radius 2 is 1.82 bits per heavy atom. The molecule has 112 valence electrons. The highest BCUT2D eigenvalue weighted by molar-refractivity contribution is 5.87. The summed E-state index contributed by atoms with van der Waals surface area (Å²) in [4.78, 5) is 0. The van der Waals surface area contributed by atoms with E-state index in [2.05, 4.69) is 60.1 Å². The number of methoxy groups -OCH3 is 1. The Hall–Kier alpha value is -2.06. The summed E-state index contributed by atoms with van der Waals surface area (Å²) in [6.07, 6.45) is 2.20. The van der Waals surface area contributed by atoms with Gasteiger partial charge < -0.3 is 9.30 Å². The topological polar surface area (TPSA) is 14.2 Å². The van der Waals surface area contributed by atoms with Gasteiger partial charge >= 0.3 is 0 Å². The number of rotatable bonds is 2. The van der Waals surface area contributed by atoms with Gasteiger partial charge in [-0.05, 0) is 35.6 Å². The number of para-hydroxylation sites is 1. The van der Waals surface area contributed by atoms with Gasteiger partial charge in [0.1, 0.15) is 0 Å². The van der Waals surface area contributed by atoms with Gasteiger partial charge in [-0.1, -0.05) is 42.5 Å². The Bertz CT molecular complexity index is 831. The average Bonchev–Trinajstić information content (AvgIpc) is 2.73. The SMILES string of the molecule is COC[C@H]1c2ccccc2CCc2c1c1ccccc1n2C. The highest BCUT2D eigenvalue weighted by Gasteiger charge is 2.28. The molecule has 0 amide bonds. The summed E-state index contributed by atoms with van der Waals surface area (Å²) < 4.78 is 7.97. The van der Waals surface area contributed by atoms with Crippen LogP contribution in [0.5, 0.6) is 0 Å². The fourth-order valence-electron chi connectivity index (χ4n) is 4.02. The van der Waals surface area contributed by atoms with Crippen molar-refractivity contribution in [2.24, 2.45) is 7.05 Å². The molecule has 2 nitrogen and oxygen atoms in total. The third-order valence-corrected chi connectivity index (χ3v) is 5.01. The summed E-state index contributed by atoms with van der Waals surface area (Å²) in [5.74, 6) is 0.324. The van der Waals surface area contributed by atoms with Crippen molar-refractivity contribution >= 4 is 10.9 Å². The van der Waals surface area contributed by atoms with E-state index in [1.165, 1.54) is 33.3 Å². The van der Waals surface area contributed by atoms with E-state index in [9.17, 15) is 0 Å². The maximum Gasteiger partial charge on any atom is 0.0572 e. The Labute approximate surface area is 131 Å². The van der Waals surface area contributed by atoms with Gasteiger partial charge in [-0.3, -0.25) is 0 Å². The standard InChI is InChI=1S/C20H21NO/c1-21-18-10-6-5-9-16(18)20-17(13-22-2)15-8-4-3-7-14(15)11-12-19(20)21/h3-10,17H,11-13H2,1-2H3/t17-/m0/s1. The molecule has 3 aromatic rings. The first-order chi connectivity index (χ1) is 10.8. The number of ether oxygens (including phenoxy) is 1. The molecular formula is C20H21NO. The largest absolute Gasteiger partial charge is 0.384 e. The number of hydrogen-bond donors (Lipinski definition) is 0. The molecule has 1 atom stereocenters. The number of benzene rings is 2. The molecule has 2 aromatic carbocycles. The first kappa shape index (κ1) is 13.6. The van der Waals surface area contributed by atoms with Crippen molar-refractivity contribution in [3.05, 3.63) is 70.9 Å². The van der Waals surface area contributed by atoms with Gasteiger partial charge in [0.2, 0.25) is 0 Å². The van der Waals surface area contributed by atoms with E-state index < -0.39 is 0 Å². The minimum Gasteiger partial charge on any atom is -0.384 e. The molecule has 0 unspecified atom stereocenters. The molecule has 4 rings (SSSR count). The lowest BCUT2D eigenvalue weighted by molar-refractivity contribution is 0.189. The van der Waals surface area contributed by atoms with Crippen LogP contribution in [0.15, 0.2) is 48.5 Å². The zero-order valence-corrected chi connectivity index (χ0v) is 13.2. The molecule has 0 bridgehead atoms. The zero-order chi connectivity index (χ0) is 15.1. The van der Waals surface area contributed by atoms with Crippen molar-refractivity contribution in [1.29, 1.82) is 0 Å². The summed E-state index contributed by atoms with van der Waals surface area (Å²) in [5, 5.41) is 1.37. The van der Waals surface area contributed by atoms with Crippen LogP contribution in [0.25, 0.3) is 10.9 Å². The number of hydrogen-bond acceptors (Lipinski definition) is 1. The number of nitrogens with zero attached hydrogens (tertiary/aromatic N) is 1. The molecule has 1 heterocycles. The average molecular weight is 291 g/mol. The molecule has 1 aliphatic rings. The smallest absolute Gasteiger partial charge is 0.0572 e. The number of aromatic nitrogens is 1. The van der Waals surface area contributed by atoms with E-state index in [0.717, 1.165) is 19.4 Å². The van der Waals surface area contributed by atoms with Crippen LogP contribution in [0.3, 0.4) is 0 Å². The third-order valence-electron chi connectivity index (χ3n) is 5.01. The normalized spacial score (nSPS) is 17.1. The Morgan fingerprint density at radius 1 is 1.05 bits per heavy atom. The molecule has 1 aliphatic carbocycles. The summed E-state index contributed by atoms with van der Waals surface area (Å²) in [5.41, 5.74) is 7.14. The second-order valence-corrected chi connectivity index (χ2v) is 6.14. The van der Waals surface area contributed by atoms with Crippen LogP contribution >= 0.6 is 0 Å². The second kappa shape index (κ2) is 5.29. The van der Waals surface area contributed by atoms with Crippen LogP contribution in [-0.2, 0) is 24.6 Å². The molecule has 0 N–H and O–H groups in total. The summed E-state index contributed by atoms with van der Waals surface area (Å²) >= 11 is 0. The second-order valence-electron chi connectivity index (χ2n) is 6.14. The van der Waals surface area contributed by atoms with E-state index in [1.807, 2.05) is 0 Å². The molecule has 0 aliphatic heterocycles. The van der Waals surface area contributed by atoms with Gasteiger partial charge in [-0.2, -0.15) is 0 Å². The van der Waals surface area contributed by atoms with E-state index in [4.69, 9.17) is 4.74 Å². The third kappa shape index (κ3) is 1.91. The number of aryl methyl sites for hydroxylation is 2. The van der Waals surface area contributed by atoms with Gasteiger partial charge in [0.15, 0.2) is 0 Å². The highest BCUT2D eigenvalue weighted by atomic mass is 16.5. The van der Waals surface area contributed by atoms with E-state index in [0.29, 0.717) is 5.92 Å². The van der Waals surface area contributed by atoms with Crippen LogP contribution < -0.4 is 0 Å². The molecule has 22 heavy (non-hydrogen) atoms. The fourth-order valence-corrected chi connectivity index (χ4v) is 4.02. The molecule has 0 radical (unpaired) electrons. The minimum atomic E-state index is 0.324. The zero-order valence-electron chi connectivity index (χ0n) is 13.2. The first-order valence-electron chi connectivity index (χ1n) is 7.94. The van der Waals surface area contributed by atoms with Crippen LogP contribution in [0.4, 0.5) is 0 Å². The van der Waals surface area contributed by atoms with Gasteiger partial charge in [-0.25, -0.2) is 0 Å². The maximum atomic E-state index is 5.60. The maximum absolute atomic E-state index is 5.60. The van der Waals surface area contributed by atoms with Crippen molar-refractivity contribution < 1.29 is 4.74 Å². The van der Waals surface area contributed by atoms with E-state index in [1.54, 1.807) is 7.11 Å². The van der Waals surface area contributed by atoms with Crippen LogP contribution in [-0.4, -0.2) is 18.3 Å². The fraction of sp³-hybridized carbons (Fsp3) is 0.300. The minimum absolute atomic E-state index is 0.324. The molecular weight excluding hydrogens is 270 g/mol. The molecule has 0 saturated heterocycles. The van der Waals surface area contributed by atoms with Crippen molar-refractivity contribution in [3.8, 4) is 0 Å². The Morgan fingerprint density at radius 3 is 2.68 bits per heavy atom. The molecule has 1 aromatic heterocycles.